The number of nitrogens with zero attached hydrogens (tertiary/aromatic N) is 5. The van der Waals surface area contributed by atoms with Gasteiger partial charge >= 0.3 is 6.18 Å². The number of piperazine rings is 1. The van der Waals surface area contributed by atoms with Crippen molar-refractivity contribution < 1.29 is 22.4 Å². The van der Waals surface area contributed by atoms with E-state index in [1.54, 1.807) is 33.8 Å². The Balaban J connectivity index is 1.17. The topological polar surface area (TPSA) is 76.0 Å². The van der Waals surface area contributed by atoms with E-state index in [1.165, 1.54) is 10.7 Å². The maximum atomic E-state index is 13.0. The molecule has 4 heterocycles. The number of aryl methyl sites for hydroxylation is 2. The molecular weight excluding hydrogens is 463 g/mol. The fraction of sp³-hybridized carbons (Fsp3) is 0.375. The van der Waals surface area contributed by atoms with E-state index in [9.17, 15) is 22.8 Å². The Morgan fingerprint density at radius 1 is 1.09 bits per heavy atom. The van der Waals surface area contributed by atoms with Gasteiger partial charge < -0.3 is 14.2 Å². The molecule has 4 aromatic rings. The number of benzene rings is 1. The Morgan fingerprint density at radius 3 is 2.60 bits per heavy atom. The van der Waals surface area contributed by atoms with Crippen LogP contribution in [0, 0.1) is 6.92 Å². The largest absolute Gasteiger partial charge is 0.463 e. The molecule has 1 aliphatic rings. The van der Waals surface area contributed by atoms with Crippen LogP contribution in [0.1, 0.15) is 24.2 Å². The van der Waals surface area contributed by atoms with Crippen LogP contribution < -0.4 is 10.5 Å². The number of carbonyl (C=O) groups is 1. The van der Waals surface area contributed by atoms with Crippen LogP contribution in [-0.2, 0) is 17.5 Å². The lowest BCUT2D eigenvalue weighted by molar-refractivity contribution is -0.137. The molecule has 0 N–H and O–H groups in total. The van der Waals surface area contributed by atoms with Crippen LogP contribution in [0.3, 0.4) is 0 Å². The number of furan rings is 1. The van der Waals surface area contributed by atoms with Gasteiger partial charge in [0.2, 0.25) is 5.91 Å². The van der Waals surface area contributed by atoms with Gasteiger partial charge in [-0.1, -0.05) is 6.07 Å². The molecule has 11 heteroatoms. The molecule has 0 aliphatic carbocycles. The number of alkyl halides is 3. The monoisotopic (exact) mass is 487 g/mol. The van der Waals surface area contributed by atoms with Crippen molar-refractivity contribution in [2.45, 2.75) is 32.5 Å². The van der Waals surface area contributed by atoms with Gasteiger partial charge in [0.1, 0.15) is 11.3 Å². The maximum Gasteiger partial charge on any atom is 0.416 e. The molecule has 35 heavy (non-hydrogen) atoms. The highest BCUT2D eigenvalue weighted by Gasteiger charge is 2.31. The molecule has 0 atom stereocenters. The van der Waals surface area contributed by atoms with Gasteiger partial charge in [-0.05, 0) is 31.5 Å². The fourth-order valence-corrected chi connectivity index (χ4v) is 4.61. The molecule has 1 saturated heterocycles. The van der Waals surface area contributed by atoms with Crippen LogP contribution in [0.4, 0.5) is 18.9 Å². The third-order valence-corrected chi connectivity index (χ3v) is 6.40. The molecule has 1 aromatic carbocycles. The standard InChI is InChI=1S/C24H24F3N5O3/c1-16-28-31(23(34)20-15-21-19(32(16)20)7-13-35-21)8-3-6-22(33)30-11-9-29(10-12-30)18-5-2-4-17(14-18)24(25,26)27/h2,4-5,7,13-15H,3,6,8-12H2,1H3. The number of amides is 1. The highest BCUT2D eigenvalue weighted by Crippen LogP contribution is 2.32. The molecule has 0 unspecified atom stereocenters. The SMILES string of the molecule is Cc1nn(CCCC(=O)N2CCN(c3cccc(C(F)(F)F)c3)CC2)c(=O)c2cc3occc3n12. The molecule has 0 saturated carbocycles. The van der Waals surface area contributed by atoms with Crippen molar-refractivity contribution in [1.29, 1.82) is 0 Å². The number of fused-ring (bicyclic) bond motifs is 3. The summed E-state index contributed by atoms with van der Waals surface area (Å²) in [5, 5.41) is 4.39. The number of halogens is 3. The van der Waals surface area contributed by atoms with Crippen LogP contribution in [0.5, 0.6) is 0 Å². The molecule has 1 amide bonds. The molecule has 1 aliphatic heterocycles. The van der Waals surface area contributed by atoms with Crippen molar-refractivity contribution >= 4 is 28.2 Å². The number of hydrogen-bond acceptors (Lipinski definition) is 5. The van der Waals surface area contributed by atoms with Gasteiger partial charge in [-0.3, -0.25) is 14.0 Å². The Morgan fingerprint density at radius 2 is 1.86 bits per heavy atom. The zero-order chi connectivity index (χ0) is 24.7. The number of aromatic nitrogens is 3. The Bertz CT molecular complexity index is 1440. The van der Waals surface area contributed by atoms with Crippen LogP contribution >= 0.6 is 0 Å². The highest BCUT2D eigenvalue weighted by molar-refractivity contribution is 5.82. The lowest BCUT2D eigenvalue weighted by atomic mass is 10.1. The molecule has 0 radical (unpaired) electrons. The molecule has 0 spiro atoms. The van der Waals surface area contributed by atoms with E-state index < -0.39 is 11.7 Å². The van der Waals surface area contributed by atoms with Crippen molar-refractivity contribution in [1.82, 2.24) is 19.1 Å². The first kappa shape index (κ1) is 23.0. The smallest absolute Gasteiger partial charge is 0.416 e. The highest BCUT2D eigenvalue weighted by atomic mass is 19.4. The quantitative estimate of drug-likeness (QED) is 0.429. The average molecular weight is 487 g/mol. The van der Waals surface area contributed by atoms with E-state index in [0.717, 1.165) is 17.6 Å². The Labute approximate surface area is 198 Å². The van der Waals surface area contributed by atoms with Gasteiger partial charge in [0.15, 0.2) is 5.58 Å². The van der Waals surface area contributed by atoms with Gasteiger partial charge in [-0.15, -0.1) is 0 Å². The third-order valence-electron chi connectivity index (χ3n) is 6.40. The number of carbonyl (C=O) groups excluding carboxylic acids is 1. The van der Waals surface area contributed by atoms with Crippen molar-refractivity contribution in [2.24, 2.45) is 0 Å². The van der Waals surface area contributed by atoms with Crippen LogP contribution in [0.25, 0.3) is 16.6 Å². The van der Waals surface area contributed by atoms with Crippen molar-refractivity contribution in [3.8, 4) is 0 Å². The molecule has 3 aromatic heterocycles. The third kappa shape index (κ3) is 4.38. The van der Waals surface area contributed by atoms with Gasteiger partial charge in [0.25, 0.3) is 5.56 Å². The van der Waals surface area contributed by atoms with Gasteiger partial charge in [0.05, 0.1) is 17.3 Å². The predicted octanol–water partition coefficient (Wildman–Crippen LogP) is 3.70. The second-order valence-corrected chi connectivity index (χ2v) is 8.63. The van der Waals surface area contributed by atoms with Gasteiger partial charge in [-0.25, -0.2) is 4.68 Å². The average Bonchev–Trinajstić information content (AvgIpc) is 3.43. The molecular formula is C24H24F3N5O3. The summed E-state index contributed by atoms with van der Waals surface area (Å²) in [7, 11) is 0. The molecule has 0 bridgehead atoms. The maximum absolute atomic E-state index is 13.0. The van der Waals surface area contributed by atoms with E-state index in [0.29, 0.717) is 61.8 Å². The molecule has 184 valence electrons. The summed E-state index contributed by atoms with van der Waals surface area (Å²) in [4.78, 5) is 29.1. The van der Waals surface area contributed by atoms with Crippen LogP contribution in [-0.4, -0.2) is 51.2 Å². The lowest BCUT2D eigenvalue weighted by Gasteiger charge is -2.36. The summed E-state index contributed by atoms with van der Waals surface area (Å²) in [5.74, 6) is 0.604. The Kier molecular flexibility index (Phi) is 5.78. The van der Waals surface area contributed by atoms with E-state index in [1.807, 2.05) is 11.8 Å². The molecule has 8 nitrogen and oxygen atoms in total. The summed E-state index contributed by atoms with van der Waals surface area (Å²) in [6.45, 7) is 3.89. The first-order valence-corrected chi connectivity index (χ1v) is 11.4. The van der Waals surface area contributed by atoms with Gasteiger partial charge in [0, 0.05) is 57.0 Å². The summed E-state index contributed by atoms with van der Waals surface area (Å²) in [6, 6.07) is 8.72. The minimum atomic E-state index is -4.39. The summed E-state index contributed by atoms with van der Waals surface area (Å²) < 4.78 is 47.5. The van der Waals surface area contributed by atoms with Crippen LogP contribution in [0.2, 0.25) is 0 Å². The van der Waals surface area contributed by atoms with Crippen molar-refractivity contribution in [2.75, 3.05) is 31.1 Å². The summed E-state index contributed by atoms with van der Waals surface area (Å²) in [6.07, 6.45) is -2.12. The van der Waals surface area contributed by atoms with E-state index >= 15 is 0 Å². The second-order valence-electron chi connectivity index (χ2n) is 8.63. The summed E-state index contributed by atoms with van der Waals surface area (Å²) >= 11 is 0. The van der Waals surface area contributed by atoms with E-state index in [2.05, 4.69) is 5.10 Å². The van der Waals surface area contributed by atoms with E-state index in [4.69, 9.17) is 4.42 Å². The second kappa shape index (κ2) is 8.79. The molecule has 5 rings (SSSR count). The molecule has 1 fully saturated rings. The first-order valence-electron chi connectivity index (χ1n) is 11.4. The van der Waals surface area contributed by atoms with Crippen LogP contribution in [0.15, 0.2) is 51.9 Å². The van der Waals surface area contributed by atoms with Crippen molar-refractivity contribution in [3.05, 3.63) is 64.4 Å². The minimum absolute atomic E-state index is 0.0419. The Hall–Kier alpha value is -3.76. The number of rotatable bonds is 5. The first-order chi connectivity index (χ1) is 16.7. The summed E-state index contributed by atoms with van der Waals surface area (Å²) in [5.41, 5.74) is 1.45. The predicted molar refractivity (Wildman–Crippen MR) is 123 cm³/mol. The minimum Gasteiger partial charge on any atom is -0.463 e. The van der Waals surface area contributed by atoms with Crippen molar-refractivity contribution in [3.63, 3.8) is 0 Å². The normalized spacial score (nSPS) is 14.9. The zero-order valence-electron chi connectivity index (χ0n) is 19.1. The fourth-order valence-electron chi connectivity index (χ4n) is 4.61. The lowest BCUT2D eigenvalue weighted by Crippen LogP contribution is -2.48. The van der Waals surface area contributed by atoms with E-state index in [-0.39, 0.29) is 17.9 Å². The number of hydrogen-bond donors (Lipinski definition) is 0. The number of anilines is 1. The zero-order valence-corrected chi connectivity index (χ0v) is 19.1. The van der Waals surface area contributed by atoms with Gasteiger partial charge in [-0.2, -0.15) is 18.3 Å².